The summed E-state index contributed by atoms with van der Waals surface area (Å²) >= 11 is 0. The van der Waals surface area contributed by atoms with Gasteiger partial charge in [0, 0.05) is 0 Å². The molecule has 0 bridgehead atoms. The standard InChI is InChI=1S/C11H18O5/c12-7-10(13)15-8-11(14)16-9-5-3-1-2-4-6-9/h9,12H,1-8H2. The smallest absolute Gasteiger partial charge is 0.344 e. The van der Waals surface area contributed by atoms with Gasteiger partial charge in [0.2, 0.25) is 0 Å². The maximum Gasteiger partial charge on any atom is 0.344 e. The van der Waals surface area contributed by atoms with Gasteiger partial charge in [-0.25, -0.2) is 9.59 Å². The van der Waals surface area contributed by atoms with Crippen molar-refractivity contribution in [2.75, 3.05) is 13.2 Å². The SMILES string of the molecule is O=C(CO)OCC(=O)OC1CCCCCC1. The minimum atomic E-state index is -0.808. The number of esters is 2. The lowest BCUT2D eigenvalue weighted by Gasteiger charge is -2.15. The molecule has 16 heavy (non-hydrogen) atoms. The van der Waals surface area contributed by atoms with Gasteiger partial charge in [-0.2, -0.15) is 0 Å². The summed E-state index contributed by atoms with van der Waals surface area (Å²) in [7, 11) is 0. The molecule has 0 heterocycles. The Morgan fingerprint density at radius 1 is 1.06 bits per heavy atom. The van der Waals surface area contributed by atoms with Crippen molar-refractivity contribution in [2.24, 2.45) is 0 Å². The first-order valence-corrected chi connectivity index (χ1v) is 5.68. The fourth-order valence-corrected chi connectivity index (χ4v) is 1.76. The van der Waals surface area contributed by atoms with E-state index < -0.39 is 25.2 Å². The van der Waals surface area contributed by atoms with Gasteiger partial charge >= 0.3 is 11.9 Å². The van der Waals surface area contributed by atoms with Crippen LogP contribution in [0.3, 0.4) is 0 Å². The quantitative estimate of drug-likeness (QED) is 0.571. The van der Waals surface area contributed by atoms with Crippen molar-refractivity contribution < 1.29 is 24.2 Å². The van der Waals surface area contributed by atoms with Gasteiger partial charge in [-0.15, -0.1) is 0 Å². The summed E-state index contributed by atoms with van der Waals surface area (Å²) < 4.78 is 9.63. The third-order valence-electron chi connectivity index (χ3n) is 2.58. The van der Waals surface area contributed by atoms with Crippen molar-refractivity contribution in [2.45, 2.75) is 44.6 Å². The van der Waals surface area contributed by atoms with E-state index in [1.807, 2.05) is 0 Å². The van der Waals surface area contributed by atoms with Crippen LogP contribution in [0.25, 0.3) is 0 Å². The first-order valence-electron chi connectivity index (χ1n) is 5.68. The number of carbonyl (C=O) groups is 2. The number of hydrogen-bond acceptors (Lipinski definition) is 5. The van der Waals surface area contributed by atoms with Crippen LogP contribution >= 0.6 is 0 Å². The molecule has 0 saturated heterocycles. The Kier molecular flexibility index (Phi) is 5.85. The largest absolute Gasteiger partial charge is 0.460 e. The van der Waals surface area contributed by atoms with Crippen LogP contribution in [0.4, 0.5) is 0 Å². The molecule has 1 saturated carbocycles. The van der Waals surface area contributed by atoms with E-state index in [1.165, 1.54) is 12.8 Å². The molecular formula is C11H18O5. The van der Waals surface area contributed by atoms with Crippen LogP contribution in [0, 0.1) is 0 Å². The number of carbonyl (C=O) groups excluding carboxylic acids is 2. The highest BCUT2D eigenvalue weighted by atomic mass is 16.6. The number of rotatable bonds is 4. The summed E-state index contributed by atoms with van der Waals surface area (Å²) in [4.78, 5) is 21.8. The molecule has 1 fully saturated rings. The van der Waals surface area contributed by atoms with Gasteiger partial charge in [-0.1, -0.05) is 12.8 Å². The predicted molar refractivity (Wildman–Crippen MR) is 55.6 cm³/mol. The molecule has 1 aliphatic carbocycles. The van der Waals surface area contributed by atoms with E-state index in [9.17, 15) is 9.59 Å². The number of aliphatic hydroxyl groups is 1. The summed E-state index contributed by atoms with van der Waals surface area (Å²) in [5, 5.41) is 8.38. The van der Waals surface area contributed by atoms with Crippen LogP contribution in [-0.2, 0) is 19.1 Å². The molecule has 0 spiro atoms. The highest BCUT2D eigenvalue weighted by Gasteiger charge is 2.17. The summed E-state index contributed by atoms with van der Waals surface area (Å²) in [5.74, 6) is -1.34. The molecule has 92 valence electrons. The molecule has 5 heteroatoms. The van der Waals surface area contributed by atoms with E-state index in [1.54, 1.807) is 0 Å². The number of ether oxygens (including phenoxy) is 2. The van der Waals surface area contributed by atoms with E-state index in [0.29, 0.717) is 0 Å². The highest BCUT2D eigenvalue weighted by molar-refractivity contribution is 5.76. The Labute approximate surface area is 94.7 Å². The van der Waals surface area contributed by atoms with E-state index in [2.05, 4.69) is 4.74 Å². The zero-order valence-corrected chi connectivity index (χ0v) is 9.31. The van der Waals surface area contributed by atoms with Crippen molar-refractivity contribution in [3.8, 4) is 0 Å². The van der Waals surface area contributed by atoms with E-state index in [-0.39, 0.29) is 6.10 Å². The molecule has 0 unspecified atom stereocenters. The average molecular weight is 230 g/mol. The second-order valence-corrected chi connectivity index (χ2v) is 3.92. The minimum Gasteiger partial charge on any atom is -0.460 e. The monoisotopic (exact) mass is 230 g/mol. The van der Waals surface area contributed by atoms with Crippen molar-refractivity contribution in [1.29, 1.82) is 0 Å². The van der Waals surface area contributed by atoms with Crippen molar-refractivity contribution in [3.05, 3.63) is 0 Å². The Bertz CT molecular complexity index is 231. The second-order valence-electron chi connectivity index (χ2n) is 3.92. The molecule has 0 radical (unpaired) electrons. The van der Waals surface area contributed by atoms with Gasteiger partial charge in [0.1, 0.15) is 12.7 Å². The molecule has 0 atom stereocenters. The number of aliphatic hydroxyl groups excluding tert-OH is 1. The third kappa shape index (κ3) is 5.11. The van der Waals surface area contributed by atoms with Crippen molar-refractivity contribution in [1.82, 2.24) is 0 Å². The fraction of sp³-hybridized carbons (Fsp3) is 0.818. The average Bonchev–Trinajstić information content (AvgIpc) is 2.54. The summed E-state index contributed by atoms with van der Waals surface area (Å²) in [5.41, 5.74) is 0. The lowest BCUT2D eigenvalue weighted by Crippen LogP contribution is -2.23. The van der Waals surface area contributed by atoms with Crippen LogP contribution in [0.2, 0.25) is 0 Å². The maximum absolute atomic E-state index is 11.3. The van der Waals surface area contributed by atoms with Crippen LogP contribution < -0.4 is 0 Å². The Morgan fingerprint density at radius 3 is 2.25 bits per heavy atom. The van der Waals surface area contributed by atoms with Gasteiger partial charge in [-0.05, 0) is 25.7 Å². The topological polar surface area (TPSA) is 72.8 Å². The molecule has 0 aliphatic heterocycles. The van der Waals surface area contributed by atoms with Crippen LogP contribution in [0.1, 0.15) is 38.5 Å². The molecule has 0 aromatic carbocycles. The van der Waals surface area contributed by atoms with Crippen LogP contribution in [0.15, 0.2) is 0 Å². The van der Waals surface area contributed by atoms with Crippen LogP contribution in [0.5, 0.6) is 0 Å². The summed E-state index contributed by atoms with van der Waals surface area (Å²) in [6, 6.07) is 0. The summed E-state index contributed by atoms with van der Waals surface area (Å²) in [6.45, 7) is -1.12. The van der Waals surface area contributed by atoms with Crippen LogP contribution in [-0.4, -0.2) is 36.4 Å². The van der Waals surface area contributed by atoms with Gasteiger partial charge in [0.25, 0.3) is 0 Å². The van der Waals surface area contributed by atoms with Crippen molar-refractivity contribution in [3.63, 3.8) is 0 Å². The Balaban J connectivity index is 2.19. The molecule has 1 rings (SSSR count). The fourth-order valence-electron chi connectivity index (χ4n) is 1.76. The number of hydrogen-bond donors (Lipinski definition) is 1. The molecule has 0 aromatic rings. The highest BCUT2D eigenvalue weighted by Crippen LogP contribution is 2.19. The molecule has 0 amide bonds. The normalized spacial score (nSPS) is 17.6. The van der Waals surface area contributed by atoms with Gasteiger partial charge in [0.15, 0.2) is 6.61 Å². The molecule has 1 aliphatic rings. The van der Waals surface area contributed by atoms with E-state index >= 15 is 0 Å². The predicted octanol–water partition coefficient (Wildman–Crippen LogP) is 0.788. The van der Waals surface area contributed by atoms with Gasteiger partial charge in [0.05, 0.1) is 0 Å². The zero-order chi connectivity index (χ0) is 11.8. The van der Waals surface area contributed by atoms with E-state index in [4.69, 9.17) is 9.84 Å². The summed E-state index contributed by atoms with van der Waals surface area (Å²) in [6.07, 6.45) is 6.27. The van der Waals surface area contributed by atoms with Gasteiger partial charge in [-0.3, -0.25) is 0 Å². The first-order chi connectivity index (χ1) is 7.72. The Hall–Kier alpha value is -1.10. The first kappa shape index (κ1) is 13.0. The lowest BCUT2D eigenvalue weighted by molar-refractivity contribution is -0.164. The Morgan fingerprint density at radius 2 is 1.69 bits per heavy atom. The van der Waals surface area contributed by atoms with E-state index in [0.717, 1.165) is 25.7 Å². The third-order valence-corrected chi connectivity index (χ3v) is 2.58. The van der Waals surface area contributed by atoms with Crippen molar-refractivity contribution >= 4 is 11.9 Å². The second kappa shape index (κ2) is 7.22. The molecule has 5 nitrogen and oxygen atoms in total. The van der Waals surface area contributed by atoms with Gasteiger partial charge < -0.3 is 14.6 Å². The lowest BCUT2D eigenvalue weighted by atomic mass is 10.1. The maximum atomic E-state index is 11.3. The molecule has 0 aromatic heterocycles. The molecular weight excluding hydrogens is 212 g/mol. The minimum absolute atomic E-state index is 0.0390. The molecule has 1 N–H and O–H groups in total. The zero-order valence-electron chi connectivity index (χ0n) is 9.31.